The maximum Gasteiger partial charge on any atom is 0.252 e. The fourth-order valence-corrected chi connectivity index (χ4v) is 15.2. The number of aromatic nitrogens is 2. The first-order chi connectivity index (χ1) is 44.9. The fraction of sp³-hybridized carbons (Fsp3) is 0.267. The van der Waals surface area contributed by atoms with Crippen LogP contribution in [0.5, 0.6) is 0 Å². The first-order valence-corrected chi connectivity index (χ1v) is 34.5. The Labute approximate surface area is 565 Å². The summed E-state index contributed by atoms with van der Waals surface area (Å²) in [6.07, 6.45) is 0. The average molecular weight is 1240 g/mol. The molecule has 0 spiro atoms. The summed E-state index contributed by atoms with van der Waals surface area (Å²) in [6, 6.07) is 87.3. The summed E-state index contributed by atoms with van der Waals surface area (Å²) in [5.41, 5.74) is 30.6. The van der Waals surface area contributed by atoms with Gasteiger partial charge in [0, 0.05) is 61.4 Å². The molecule has 474 valence electrons. The zero-order chi connectivity index (χ0) is 66.8. The molecule has 2 aliphatic heterocycles. The second-order valence-electron chi connectivity index (χ2n) is 33.6. The van der Waals surface area contributed by atoms with E-state index in [4.69, 9.17) is 0 Å². The number of rotatable bonds is 6. The first kappa shape index (κ1) is 61.8. The maximum atomic E-state index is 2.66. The van der Waals surface area contributed by atoms with Crippen LogP contribution in [-0.2, 0) is 32.5 Å². The highest BCUT2D eigenvalue weighted by atomic mass is 15.2. The fourth-order valence-electron chi connectivity index (χ4n) is 15.2. The maximum absolute atomic E-state index is 2.66. The van der Waals surface area contributed by atoms with Crippen LogP contribution in [-0.4, -0.2) is 15.8 Å². The van der Waals surface area contributed by atoms with Gasteiger partial charge in [-0.25, -0.2) is 0 Å². The van der Waals surface area contributed by atoms with Crippen LogP contribution in [0, 0.1) is 0 Å². The minimum absolute atomic E-state index is 0.0114. The Bertz CT molecular complexity index is 5110. The van der Waals surface area contributed by atoms with E-state index in [2.05, 4.69) is 368 Å². The molecule has 0 saturated carbocycles. The van der Waals surface area contributed by atoms with E-state index in [1.54, 1.807) is 0 Å². The Morgan fingerprint density at radius 3 is 1.19 bits per heavy atom. The quantitative estimate of drug-likeness (QED) is 0.154. The van der Waals surface area contributed by atoms with Crippen LogP contribution in [0.1, 0.15) is 158 Å². The Morgan fingerprint density at radius 1 is 0.253 bits per heavy atom. The second kappa shape index (κ2) is 21.6. The standard InChI is InChI=1S/C90H91BN4/c1-85(2,3)60-45-58(46-61(50-60)86(4,5)6)56-37-39-66(40-38-56)92-79-35-26-36-80-83(79)91(73-42-41-68(55-81(73)92)93-75-32-22-19-29-70(75)71-30-20-23-33-76(71)93)74-43-44-78-82(72-31-21-24-34-77(72)94(78)69-53-64(89(13,14)15)52-65(54-69)90(16,17)18)84(74)95(80)67-28-25-27-57(49-67)59-47-62(87(7,8)9)51-63(48-59)88(10,11)12/h19-55H,1-18H3. The highest BCUT2D eigenvalue weighted by Crippen LogP contribution is 2.51. The zero-order valence-electron chi connectivity index (χ0n) is 59.2. The van der Waals surface area contributed by atoms with Gasteiger partial charge in [-0.2, -0.15) is 0 Å². The third-order valence-electron chi connectivity index (χ3n) is 20.7. The lowest BCUT2D eigenvalue weighted by molar-refractivity contribution is 0.567. The van der Waals surface area contributed by atoms with E-state index >= 15 is 0 Å². The van der Waals surface area contributed by atoms with E-state index in [0.717, 1.165) is 17.1 Å². The van der Waals surface area contributed by atoms with Gasteiger partial charge < -0.3 is 18.9 Å². The van der Waals surface area contributed by atoms with Crippen molar-refractivity contribution < 1.29 is 0 Å². The zero-order valence-corrected chi connectivity index (χ0v) is 59.2. The number of fused-ring (bicyclic) bond motifs is 11. The Hall–Kier alpha value is -9.32. The van der Waals surface area contributed by atoms with Crippen molar-refractivity contribution >= 4 is 101 Å². The molecule has 0 radical (unpaired) electrons. The molecule has 0 N–H and O–H groups in total. The SMILES string of the molecule is CC(C)(C)c1cc(-c2ccc(N3c4cc(-n5c6ccccc6c6ccccc65)ccc4B4c5ccc6c(c5N(c5cccc(-c7cc(C(C)(C)C)cc(C(C)(C)C)c7)c5)c5cccc3c54)c3ccccc3n6-c3cc(C(C)(C)C)cc(C(C)(C)C)c3)cc2)cc(C(C)(C)C)c1. The van der Waals surface area contributed by atoms with Gasteiger partial charge in [-0.1, -0.05) is 264 Å². The number of hydrogen-bond acceptors (Lipinski definition) is 2. The molecule has 4 nitrogen and oxygen atoms in total. The van der Waals surface area contributed by atoms with E-state index in [-0.39, 0.29) is 39.2 Å². The van der Waals surface area contributed by atoms with Crippen LogP contribution < -0.4 is 26.2 Å². The van der Waals surface area contributed by atoms with Crippen LogP contribution >= 0.6 is 0 Å². The van der Waals surface area contributed by atoms with Crippen LogP contribution in [0.3, 0.4) is 0 Å². The van der Waals surface area contributed by atoms with Crippen molar-refractivity contribution in [2.24, 2.45) is 0 Å². The Balaban J connectivity index is 1.03. The highest BCUT2D eigenvalue weighted by molar-refractivity contribution is 7.00. The van der Waals surface area contributed by atoms with Crippen LogP contribution in [0.4, 0.5) is 34.1 Å². The highest BCUT2D eigenvalue weighted by Gasteiger charge is 2.45. The monoisotopic (exact) mass is 1240 g/mol. The molecule has 0 fully saturated rings. The third-order valence-corrected chi connectivity index (χ3v) is 20.7. The van der Waals surface area contributed by atoms with E-state index in [9.17, 15) is 0 Å². The van der Waals surface area contributed by atoms with Crippen LogP contribution in [0.15, 0.2) is 224 Å². The van der Waals surface area contributed by atoms with E-state index in [1.807, 2.05) is 0 Å². The van der Waals surface area contributed by atoms with Gasteiger partial charge in [0.15, 0.2) is 0 Å². The topological polar surface area (TPSA) is 16.3 Å². The molecule has 13 aromatic rings. The molecule has 15 rings (SSSR count). The molecular weight excluding hydrogens is 1150 g/mol. The van der Waals surface area contributed by atoms with Crippen molar-refractivity contribution in [2.75, 3.05) is 9.80 Å². The van der Waals surface area contributed by atoms with Crippen molar-refractivity contribution in [2.45, 2.75) is 157 Å². The van der Waals surface area contributed by atoms with Crippen molar-refractivity contribution in [1.29, 1.82) is 0 Å². The van der Waals surface area contributed by atoms with E-state index in [0.29, 0.717) is 0 Å². The lowest BCUT2D eigenvalue weighted by Gasteiger charge is -2.44. The van der Waals surface area contributed by atoms with E-state index in [1.165, 1.54) is 144 Å². The molecule has 4 heterocycles. The van der Waals surface area contributed by atoms with Gasteiger partial charge in [-0.3, -0.25) is 0 Å². The molecule has 0 aliphatic carbocycles. The minimum atomic E-state index is -0.134. The van der Waals surface area contributed by atoms with Gasteiger partial charge in [0.05, 0.1) is 27.8 Å². The Morgan fingerprint density at radius 2 is 0.674 bits per heavy atom. The summed E-state index contributed by atoms with van der Waals surface area (Å²) in [4.78, 5) is 5.24. The molecule has 95 heavy (non-hydrogen) atoms. The number of hydrogen-bond donors (Lipinski definition) is 0. The van der Waals surface area contributed by atoms with Crippen molar-refractivity contribution in [3.63, 3.8) is 0 Å². The van der Waals surface area contributed by atoms with Crippen molar-refractivity contribution in [3.05, 3.63) is 258 Å². The lowest BCUT2D eigenvalue weighted by Crippen LogP contribution is -2.61. The molecule has 0 bridgehead atoms. The van der Waals surface area contributed by atoms with Gasteiger partial charge in [0.25, 0.3) is 6.71 Å². The summed E-state index contributed by atoms with van der Waals surface area (Å²) < 4.78 is 5.06. The van der Waals surface area contributed by atoms with Crippen LogP contribution in [0.25, 0.3) is 77.2 Å². The Kier molecular flexibility index (Phi) is 14.1. The van der Waals surface area contributed by atoms with Gasteiger partial charge in [0.2, 0.25) is 0 Å². The van der Waals surface area contributed by atoms with Crippen LogP contribution in [0.2, 0.25) is 0 Å². The summed E-state index contributed by atoms with van der Waals surface area (Å²) in [5, 5.41) is 4.97. The third kappa shape index (κ3) is 10.4. The number of benzene rings is 11. The van der Waals surface area contributed by atoms with E-state index < -0.39 is 0 Å². The molecule has 2 aliphatic rings. The van der Waals surface area contributed by atoms with Gasteiger partial charge in [-0.05, 0) is 189 Å². The first-order valence-electron chi connectivity index (χ1n) is 34.5. The number of nitrogens with zero attached hydrogens (tertiary/aromatic N) is 4. The summed E-state index contributed by atoms with van der Waals surface area (Å²) >= 11 is 0. The molecule has 0 unspecified atom stereocenters. The normalized spacial score (nSPS) is 13.7. The number of anilines is 6. The van der Waals surface area contributed by atoms with Gasteiger partial charge >= 0.3 is 0 Å². The molecule has 11 aromatic carbocycles. The molecule has 0 saturated heterocycles. The van der Waals surface area contributed by atoms with Gasteiger partial charge in [0.1, 0.15) is 0 Å². The predicted molar refractivity (Wildman–Crippen MR) is 412 cm³/mol. The predicted octanol–water partition coefficient (Wildman–Crippen LogP) is 23.1. The lowest BCUT2D eigenvalue weighted by atomic mass is 9.33. The molecule has 2 aromatic heterocycles. The molecule has 0 atom stereocenters. The van der Waals surface area contributed by atoms with Crippen molar-refractivity contribution in [3.8, 4) is 33.6 Å². The van der Waals surface area contributed by atoms with Gasteiger partial charge in [-0.15, -0.1) is 0 Å². The summed E-state index contributed by atoms with van der Waals surface area (Å²) in [5.74, 6) is 0. The second-order valence-corrected chi connectivity index (χ2v) is 33.6. The van der Waals surface area contributed by atoms with Crippen molar-refractivity contribution in [1.82, 2.24) is 9.13 Å². The smallest absolute Gasteiger partial charge is 0.252 e. The summed E-state index contributed by atoms with van der Waals surface area (Å²) in [7, 11) is 0. The molecule has 0 amide bonds. The average Bonchev–Trinajstić information content (AvgIpc) is 1.67. The minimum Gasteiger partial charge on any atom is -0.311 e. The molecular formula is C90H91BN4. The summed E-state index contributed by atoms with van der Waals surface area (Å²) in [6.45, 7) is 42.0. The molecule has 5 heteroatoms. The largest absolute Gasteiger partial charge is 0.311 e. The number of para-hydroxylation sites is 3.